The molecule has 0 atom stereocenters. The molecule has 1 N–H and O–H groups in total. The number of carbonyl (C=O) groups excluding carboxylic acids is 1. The Kier molecular flexibility index (Phi) is 36.5. The second-order valence-corrected chi connectivity index (χ2v) is 2.43. The molecule has 0 aliphatic heterocycles. The second kappa shape index (κ2) is 25.3. The molecule has 0 aromatic heterocycles. The quantitative estimate of drug-likeness (QED) is 0.531. The minimum atomic E-state index is 0. The van der Waals surface area contributed by atoms with Crippen LogP contribution in [-0.2, 0) is 39.2 Å². The first-order valence-electron chi connectivity index (χ1n) is 4.45. The molecular formula is C12H12NO4Re. The van der Waals surface area contributed by atoms with E-state index in [4.69, 9.17) is 14.0 Å². The third kappa shape index (κ3) is 15.4. The van der Waals surface area contributed by atoms with Gasteiger partial charge >= 0.3 is 33.9 Å². The van der Waals surface area contributed by atoms with Crippen molar-refractivity contribution in [3.8, 4) is 0 Å². The average molecular weight is 420 g/mol. The largest absolute Gasteiger partial charge is 0 e. The molecule has 0 unspecified atom stereocenters. The van der Waals surface area contributed by atoms with Crippen LogP contribution < -0.4 is 5.32 Å². The Morgan fingerprint density at radius 2 is 1.50 bits per heavy atom. The van der Waals surface area contributed by atoms with Crippen LogP contribution >= 0.6 is 0 Å². The summed E-state index contributed by atoms with van der Waals surface area (Å²) in [4.78, 5) is 11.2. The smallest absolute Gasteiger partial charge is 0 e. The van der Waals surface area contributed by atoms with Gasteiger partial charge in [-0.25, -0.2) is 0 Å². The monoisotopic (exact) mass is 421 g/mol. The summed E-state index contributed by atoms with van der Waals surface area (Å²) in [6, 6.07) is 0. The summed E-state index contributed by atoms with van der Waals surface area (Å²) in [6.07, 6.45) is 8.32. The molecule has 0 heterocycles. The number of amides is 1. The standard InChI is InChI=1S/C9H12NO.3CO.Re/c1-2-7-10-9(11)8-5-3-4-6-8;3*1-2;/h3-6H,2,7H2,1H3,(H,10,11);;;;. The van der Waals surface area contributed by atoms with E-state index in [1.807, 2.05) is 32.6 Å². The third-order valence-electron chi connectivity index (χ3n) is 1.46. The van der Waals surface area contributed by atoms with Crippen molar-refractivity contribution in [3.63, 3.8) is 0 Å². The van der Waals surface area contributed by atoms with Gasteiger partial charge in [0.2, 0.25) is 5.91 Å². The second-order valence-electron chi connectivity index (χ2n) is 2.43. The van der Waals surface area contributed by atoms with E-state index in [0.717, 1.165) is 18.9 Å². The molecule has 5 nitrogen and oxygen atoms in total. The molecule has 0 aromatic carbocycles. The zero-order chi connectivity index (χ0) is 14.1. The fourth-order valence-corrected chi connectivity index (χ4v) is 0.866. The van der Waals surface area contributed by atoms with Gasteiger partial charge < -0.3 is 5.32 Å². The number of hydrogen-bond donors (Lipinski definition) is 1. The first-order valence-corrected chi connectivity index (χ1v) is 4.45. The van der Waals surface area contributed by atoms with Crippen molar-refractivity contribution in [2.24, 2.45) is 0 Å². The van der Waals surface area contributed by atoms with Crippen molar-refractivity contribution in [1.82, 2.24) is 5.32 Å². The van der Waals surface area contributed by atoms with Gasteiger partial charge in [0.1, 0.15) is 0 Å². The van der Waals surface area contributed by atoms with Gasteiger partial charge in [-0.15, -0.1) is 0 Å². The molecule has 1 rings (SSSR count). The van der Waals surface area contributed by atoms with E-state index in [0.29, 0.717) is 0 Å². The fraction of sp³-hybridized carbons (Fsp3) is 0.250. The Labute approximate surface area is 122 Å². The first kappa shape index (κ1) is 26.0. The van der Waals surface area contributed by atoms with Crippen molar-refractivity contribution in [2.45, 2.75) is 13.3 Å². The van der Waals surface area contributed by atoms with Crippen LogP contribution in [0, 0.1) is 51.6 Å². The van der Waals surface area contributed by atoms with E-state index < -0.39 is 0 Å². The van der Waals surface area contributed by atoms with Crippen molar-refractivity contribution in [3.05, 3.63) is 51.6 Å². The molecule has 0 saturated heterocycles. The first-order chi connectivity index (χ1) is 8.34. The van der Waals surface area contributed by atoms with E-state index in [1.165, 1.54) is 0 Å². The molecule has 0 aromatic rings. The molecule has 96 valence electrons. The molecule has 1 fully saturated rings. The normalized spacial score (nSPS) is 11.7. The van der Waals surface area contributed by atoms with Crippen molar-refractivity contribution >= 4 is 5.91 Å². The van der Waals surface area contributed by atoms with Gasteiger partial charge in [-0.1, -0.05) is 6.92 Å². The molecule has 0 spiro atoms. The van der Waals surface area contributed by atoms with E-state index in [-0.39, 0.29) is 26.3 Å². The van der Waals surface area contributed by atoms with Gasteiger partial charge in [0.25, 0.3) is 0 Å². The Morgan fingerprint density at radius 3 is 1.83 bits per heavy atom. The third-order valence-corrected chi connectivity index (χ3v) is 1.46. The maximum Gasteiger partial charge on any atom is 0 e. The molecule has 1 aliphatic carbocycles. The van der Waals surface area contributed by atoms with Gasteiger partial charge in [0, 0.05) is 27.0 Å². The number of carbonyl (C=O) groups is 1. The van der Waals surface area contributed by atoms with Crippen molar-refractivity contribution in [1.29, 1.82) is 0 Å². The molecule has 18 heavy (non-hydrogen) atoms. The Bertz CT molecular complexity index is 218. The van der Waals surface area contributed by atoms with Crippen molar-refractivity contribution in [2.75, 3.05) is 6.54 Å². The minimum Gasteiger partial charge on any atom is 0 e. The maximum atomic E-state index is 11.2. The van der Waals surface area contributed by atoms with Crippen LogP contribution in [0.4, 0.5) is 0 Å². The number of rotatable bonds is 3. The Hall–Kier alpha value is -0.648. The zero-order valence-corrected chi connectivity index (χ0v) is 12.5. The maximum absolute atomic E-state index is 11.2. The van der Waals surface area contributed by atoms with Crippen LogP contribution in [-0.4, -0.2) is 12.5 Å². The summed E-state index contributed by atoms with van der Waals surface area (Å²) in [5.41, 5.74) is 0. The molecule has 6 radical (unpaired) electrons. The van der Waals surface area contributed by atoms with Crippen LogP contribution in [0.2, 0.25) is 0 Å². The minimum absolute atomic E-state index is 0. The average Bonchev–Trinajstić information content (AvgIpc) is 2.97. The fourth-order valence-electron chi connectivity index (χ4n) is 0.866. The summed E-state index contributed by atoms with van der Waals surface area (Å²) in [5, 5.41) is 2.80. The molecular weight excluding hydrogens is 408 g/mol. The predicted octanol–water partition coefficient (Wildman–Crippen LogP) is 0.803. The summed E-state index contributed by atoms with van der Waals surface area (Å²) < 4.78 is 22.5. The van der Waals surface area contributed by atoms with Gasteiger partial charge in [0.05, 0.1) is 5.92 Å². The van der Waals surface area contributed by atoms with E-state index in [1.54, 1.807) is 0 Å². The number of nitrogens with one attached hydrogen (secondary N) is 1. The summed E-state index contributed by atoms with van der Waals surface area (Å²) in [5.74, 6) is 0.773. The number of hydrogen-bond acceptors (Lipinski definition) is 1. The van der Waals surface area contributed by atoms with Crippen LogP contribution in [0.25, 0.3) is 0 Å². The van der Waals surface area contributed by atoms with E-state index in [2.05, 4.69) is 25.3 Å². The summed E-state index contributed by atoms with van der Waals surface area (Å²) >= 11 is 0. The van der Waals surface area contributed by atoms with Crippen molar-refractivity contribution < 1.29 is 39.2 Å². The van der Waals surface area contributed by atoms with Crippen LogP contribution in [0.15, 0.2) is 0 Å². The van der Waals surface area contributed by atoms with E-state index >= 15 is 0 Å². The SMILES string of the molecule is CCCNC(=O)[C]1[CH][CH][CH][CH]1.[C-]#[O+].[C-]#[O+].[C-]#[O+].[Re]. The molecule has 1 amide bonds. The van der Waals surface area contributed by atoms with Gasteiger partial charge in [-0.05, 0) is 32.1 Å². The molecule has 1 saturated carbocycles. The van der Waals surface area contributed by atoms with Gasteiger partial charge in [0.15, 0.2) is 0 Å². The van der Waals surface area contributed by atoms with Gasteiger partial charge in [-0.2, -0.15) is 0 Å². The molecule has 1 aliphatic rings. The molecule has 0 bridgehead atoms. The Balaban J connectivity index is -0.000000123. The zero-order valence-electron chi connectivity index (χ0n) is 9.73. The predicted molar refractivity (Wildman–Crippen MR) is 55.5 cm³/mol. The summed E-state index contributed by atoms with van der Waals surface area (Å²) in [7, 11) is 0. The van der Waals surface area contributed by atoms with Crippen LogP contribution in [0.3, 0.4) is 0 Å². The summed E-state index contributed by atoms with van der Waals surface area (Å²) in [6.45, 7) is 16.3. The van der Waals surface area contributed by atoms with Crippen LogP contribution in [0.5, 0.6) is 0 Å². The Morgan fingerprint density at radius 1 is 1.11 bits per heavy atom. The van der Waals surface area contributed by atoms with Gasteiger partial charge in [-0.3, -0.25) is 4.79 Å². The molecule has 6 heteroatoms. The van der Waals surface area contributed by atoms with Crippen LogP contribution in [0.1, 0.15) is 13.3 Å². The topological polar surface area (TPSA) is 88.8 Å². The van der Waals surface area contributed by atoms with E-state index in [9.17, 15) is 4.79 Å².